The first-order valence-corrected chi connectivity index (χ1v) is 5.60. The molecule has 2 rings (SSSR count). The second kappa shape index (κ2) is 4.42. The molecule has 0 aromatic carbocycles. The number of methoxy groups -OCH3 is 1. The molecule has 0 radical (unpaired) electrons. The van der Waals surface area contributed by atoms with Gasteiger partial charge in [-0.15, -0.1) is 6.58 Å². The highest BCUT2D eigenvalue weighted by Crippen LogP contribution is 2.46. The Balaban J connectivity index is 2.54. The standard InChI is InChI=1S/C12H13NO6/c1-3-4-12(11(17)18-2)7(5-10(15)16)19-9-6-8(14)13(9)12/h3,5,9H,1,4,6H2,2H3,(H,15,16)/b7-5-/t9-,12?/m1/s1. The lowest BCUT2D eigenvalue weighted by Gasteiger charge is -2.40. The molecular formula is C12H13NO6. The molecule has 2 atom stereocenters. The van der Waals surface area contributed by atoms with Crippen molar-refractivity contribution in [3.05, 3.63) is 24.5 Å². The molecule has 2 aliphatic rings. The highest BCUT2D eigenvalue weighted by Gasteiger charge is 2.64. The van der Waals surface area contributed by atoms with E-state index in [0.717, 1.165) is 6.08 Å². The Labute approximate surface area is 109 Å². The Morgan fingerprint density at radius 1 is 1.68 bits per heavy atom. The molecule has 0 spiro atoms. The lowest BCUT2D eigenvalue weighted by Crippen LogP contribution is -2.62. The van der Waals surface area contributed by atoms with Gasteiger partial charge >= 0.3 is 11.9 Å². The fourth-order valence-electron chi connectivity index (χ4n) is 2.43. The van der Waals surface area contributed by atoms with Crippen molar-refractivity contribution in [2.75, 3.05) is 7.11 Å². The van der Waals surface area contributed by atoms with E-state index in [0.29, 0.717) is 0 Å². The van der Waals surface area contributed by atoms with Crippen LogP contribution in [-0.2, 0) is 23.9 Å². The van der Waals surface area contributed by atoms with Crippen LogP contribution in [0.4, 0.5) is 0 Å². The van der Waals surface area contributed by atoms with E-state index < -0.39 is 23.7 Å². The van der Waals surface area contributed by atoms with Crippen LogP contribution in [0.1, 0.15) is 12.8 Å². The molecule has 102 valence electrons. The third-order valence-electron chi connectivity index (χ3n) is 3.21. The number of hydrogen-bond donors (Lipinski definition) is 1. The van der Waals surface area contributed by atoms with Crippen LogP contribution in [0.5, 0.6) is 0 Å². The Kier molecular flexibility index (Phi) is 3.05. The van der Waals surface area contributed by atoms with Gasteiger partial charge in [-0.3, -0.25) is 9.69 Å². The molecule has 7 nitrogen and oxygen atoms in total. The monoisotopic (exact) mass is 267 g/mol. The topological polar surface area (TPSA) is 93.1 Å². The third kappa shape index (κ3) is 1.69. The normalized spacial score (nSPS) is 30.4. The number of nitrogens with zero attached hydrogens (tertiary/aromatic N) is 1. The second-order valence-electron chi connectivity index (χ2n) is 4.23. The molecule has 0 aromatic rings. The van der Waals surface area contributed by atoms with Crippen LogP contribution in [0, 0.1) is 0 Å². The zero-order valence-electron chi connectivity index (χ0n) is 10.3. The molecule has 0 aliphatic carbocycles. The maximum atomic E-state index is 12.1. The molecule has 2 heterocycles. The summed E-state index contributed by atoms with van der Waals surface area (Å²) in [6, 6.07) is 0. The average molecular weight is 267 g/mol. The van der Waals surface area contributed by atoms with E-state index in [4.69, 9.17) is 14.6 Å². The van der Waals surface area contributed by atoms with Crippen LogP contribution in [-0.4, -0.2) is 46.7 Å². The lowest BCUT2D eigenvalue weighted by molar-refractivity contribution is -0.171. The van der Waals surface area contributed by atoms with E-state index in [1.54, 1.807) is 0 Å². The van der Waals surface area contributed by atoms with Gasteiger partial charge in [0, 0.05) is 6.42 Å². The van der Waals surface area contributed by atoms with Gasteiger partial charge in [-0.05, 0) is 0 Å². The number of carboxylic acids is 1. The predicted molar refractivity (Wildman–Crippen MR) is 61.6 cm³/mol. The van der Waals surface area contributed by atoms with E-state index in [1.807, 2.05) is 0 Å². The van der Waals surface area contributed by atoms with E-state index in [9.17, 15) is 14.4 Å². The molecule has 1 amide bonds. The van der Waals surface area contributed by atoms with Gasteiger partial charge < -0.3 is 14.6 Å². The van der Waals surface area contributed by atoms with Crippen molar-refractivity contribution in [3.63, 3.8) is 0 Å². The van der Waals surface area contributed by atoms with Crippen LogP contribution in [0.25, 0.3) is 0 Å². The van der Waals surface area contributed by atoms with Crippen LogP contribution in [0.2, 0.25) is 0 Å². The highest BCUT2D eigenvalue weighted by atomic mass is 16.6. The first-order valence-electron chi connectivity index (χ1n) is 5.60. The summed E-state index contributed by atoms with van der Waals surface area (Å²) in [4.78, 5) is 35.8. The number of fused-ring (bicyclic) bond motifs is 1. The number of carbonyl (C=O) groups is 3. The van der Waals surface area contributed by atoms with Crippen molar-refractivity contribution in [3.8, 4) is 0 Å². The smallest absolute Gasteiger partial charge is 0.340 e. The van der Waals surface area contributed by atoms with E-state index in [-0.39, 0.29) is 24.5 Å². The number of amides is 1. The number of carboxylic acid groups (broad SMARTS) is 1. The largest absolute Gasteiger partial charge is 0.478 e. The Hall–Kier alpha value is -2.31. The Morgan fingerprint density at radius 3 is 2.84 bits per heavy atom. The molecule has 0 bridgehead atoms. The average Bonchev–Trinajstić information content (AvgIpc) is 2.57. The van der Waals surface area contributed by atoms with Crippen LogP contribution in [0.3, 0.4) is 0 Å². The molecule has 2 saturated heterocycles. The van der Waals surface area contributed by atoms with Crippen molar-refractivity contribution in [1.82, 2.24) is 4.90 Å². The maximum Gasteiger partial charge on any atom is 0.340 e. The summed E-state index contributed by atoms with van der Waals surface area (Å²) in [5, 5.41) is 8.85. The minimum atomic E-state index is -1.55. The molecule has 1 unspecified atom stereocenters. The minimum absolute atomic E-state index is 0.0288. The second-order valence-corrected chi connectivity index (χ2v) is 4.23. The van der Waals surface area contributed by atoms with Gasteiger partial charge in [0.1, 0.15) is 5.76 Å². The fourth-order valence-corrected chi connectivity index (χ4v) is 2.43. The number of β-lactam (4-membered cyclic amide) rings is 1. The highest BCUT2D eigenvalue weighted by molar-refractivity contribution is 5.97. The number of ether oxygens (including phenoxy) is 2. The molecule has 2 aliphatic heterocycles. The summed E-state index contributed by atoms with van der Waals surface area (Å²) < 4.78 is 10.1. The zero-order valence-corrected chi connectivity index (χ0v) is 10.3. The summed E-state index contributed by atoms with van der Waals surface area (Å²) in [7, 11) is 1.17. The predicted octanol–water partition coefficient (Wildman–Crippen LogP) is 0.0314. The fraction of sp³-hybridized carbons (Fsp3) is 0.417. The summed E-state index contributed by atoms with van der Waals surface area (Å²) >= 11 is 0. The number of esters is 1. The number of rotatable bonds is 4. The first kappa shape index (κ1) is 13.1. The summed E-state index contributed by atoms with van der Waals surface area (Å²) in [6.07, 6.45) is 1.74. The number of aliphatic carboxylic acids is 1. The molecule has 1 N–H and O–H groups in total. The van der Waals surface area contributed by atoms with Crippen LogP contribution in [0.15, 0.2) is 24.5 Å². The van der Waals surface area contributed by atoms with Gasteiger partial charge in [0.25, 0.3) is 0 Å². The third-order valence-corrected chi connectivity index (χ3v) is 3.21. The quantitative estimate of drug-likeness (QED) is 0.334. The van der Waals surface area contributed by atoms with Gasteiger partial charge in [0.05, 0.1) is 19.6 Å². The van der Waals surface area contributed by atoms with E-state index >= 15 is 0 Å². The molecule has 19 heavy (non-hydrogen) atoms. The van der Waals surface area contributed by atoms with Crippen LogP contribution < -0.4 is 0 Å². The summed E-state index contributed by atoms with van der Waals surface area (Å²) in [5.41, 5.74) is -1.55. The van der Waals surface area contributed by atoms with Crippen molar-refractivity contribution < 1.29 is 29.0 Å². The molecule has 0 saturated carbocycles. The summed E-state index contributed by atoms with van der Waals surface area (Å²) in [6.45, 7) is 3.53. The Bertz CT molecular complexity index is 496. The van der Waals surface area contributed by atoms with Crippen molar-refractivity contribution in [2.24, 2.45) is 0 Å². The molecule has 2 fully saturated rings. The lowest BCUT2D eigenvalue weighted by atomic mass is 9.88. The van der Waals surface area contributed by atoms with Gasteiger partial charge in [-0.1, -0.05) is 6.08 Å². The summed E-state index contributed by atoms with van der Waals surface area (Å²) in [5.74, 6) is -2.38. The van der Waals surface area contributed by atoms with E-state index in [2.05, 4.69) is 6.58 Å². The minimum Gasteiger partial charge on any atom is -0.478 e. The molecule has 0 aromatic heterocycles. The van der Waals surface area contributed by atoms with Crippen LogP contribution >= 0.6 is 0 Å². The van der Waals surface area contributed by atoms with Gasteiger partial charge in [0.2, 0.25) is 11.4 Å². The zero-order chi connectivity index (χ0) is 14.2. The maximum absolute atomic E-state index is 12.1. The van der Waals surface area contributed by atoms with Crippen molar-refractivity contribution in [1.29, 1.82) is 0 Å². The van der Waals surface area contributed by atoms with Gasteiger partial charge in [0.15, 0.2) is 6.23 Å². The molecular weight excluding hydrogens is 254 g/mol. The van der Waals surface area contributed by atoms with Gasteiger partial charge in [-0.2, -0.15) is 0 Å². The van der Waals surface area contributed by atoms with Gasteiger partial charge in [-0.25, -0.2) is 9.59 Å². The number of carbonyl (C=O) groups excluding carboxylic acids is 2. The molecule has 7 heteroatoms. The first-order chi connectivity index (χ1) is 8.97. The van der Waals surface area contributed by atoms with E-state index in [1.165, 1.54) is 18.1 Å². The Morgan fingerprint density at radius 2 is 2.37 bits per heavy atom. The SMILES string of the molecule is C=CCC1(C(=O)OC)/C(=C/C(=O)O)O[C@@H]2CC(=O)N21. The van der Waals surface area contributed by atoms with Crippen molar-refractivity contribution in [2.45, 2.75) is 24.6 Å². The van der Waals surface area contributed by atoms with Crippen molar-refractivity contribution >= 4 is 17.8 Å². The number of hydrogen-bond acceptors (Lipinski definition) is 5.